The van der Waals surface area contributed by atoms with Crippen LogP contribution < -0.4 is 4.74 Å². The molecule has 0 saturated carbocycles. The molecule has 160 valence electrons. The lowest BCUT2D eigenvalue weighted by molar-refractivity contribution is -0.107. The van der Waals surface area contributed by atoms with Crippen LogP contribution in [0.3, 0.4) is 0 Å². The first-order chi connectivity index (χ1) is 14.3. The largest absolute Gasteiger partial charge is 0.487 e. The Kier molecular flexibility index (Phi) is 7.03. The number of hydrogen-bond donors (Lipinski definition) is 1. The fourth-order valence-electron chi connectivity index (χ4n) is 3.82. The molecule has 2 aromatic carbocycles. The van der Waals surface area contributed by atoms with Gasteiger partial charge in [0, 0.05) is 31.0 Å². The molecule has 0 saturated heterocycles. The number of hydrogen-bond acceptors (Lipinski definition) is 3. The van der Waals surface area contributed by atoms with Crippen molar-refractivity contribution in [2.75, 3.05) is 13.1 Å². The highest BCUT2D eigenvalue weighted by Crippen LogP contribution is 2.37. The Hall–Kier alpha value is -2.53. The van der Waals surface area contributed by atoms with Crippen molar-refractivity contribution in [2.45, 2.75) is 51.6 Å². The van der Waals surface area contributed by atoms with Crippen LogP contribution in [-0.2, 0) is 17.6 Å². The predicted octanol–water partition coefficient (Wildman–Crippen LogP) is 5.61. The number of amides is 1. The van der Waals surface area contributed by atoms with Gasteiger partial charge in [-0.3, -0.25) is 0 Å². The smallest absolute Gasteiger partial charge is 0.407 e. The Morgan fingerprint density at radius 2 is 1.90 bits per heavy atom. The Morgan fingerprint density at radius 3 is 2.63 bits per heavy atom. The summed E-state index contributed by atoms with van der Waals surface area (Å²) < 4.78 is 5.96. The number of aldehydes is 1. The van der Waals surface area contributed by atoms with Gasteiger partial charge in [-0.15, -0.1) is 0 Å². The summed E-state index contributed by atoms with van der Waals surface area (Å²) in [5.74, 6) is 0.935. The van der Waals surface area contributed by atoms with Gasteiger partial charge in [0.1, 0.15) is 17.6 Å². The van der Waals surface area contributed by atoms with Gasteiger partial charge in [-0.1, -0.05) is 23.7 Å². The second-order valence-corrected chi connectivity index (χ2v) is 8.76. The molecular formula is C24H28ClNO4. The van der Waals surface area contributed by atoms with E-state index in [1.165, 1.54) is 10.5 Å². The molecule has 1 aliphatic rings. The topological polar surface area (TPSA) is 66.8 Å². The van der Waals surface area contributed by atoms with Crippen LogP contribution in [0.1, 0.15) is 44.2 Å². The van der Waals surface area contributed by atoms with E-state index in [4.69, 9.17) is 16.3 Å². The first-order valence-electron chi connectivity index (χ1n) is 10.3. The van der Waals surface area contributed by atoms with Crippen molar-refractivity contribution in [3.05, 3.63) is 52.5 Å². The average Bonchev–Trinajstić information content (AvgIpc) is 3.01. The molecular weight excluding hydrogens is 402 g/mol. The zero-order valence-electron chi connectivity index (χ0n) is 17.5. The minimum Gasteiger partial charge on any atom is -0.487 e. The minimum absolute atomic E-state index is 0.182. The molecule has 0 aromatic heterocycles. The highest BCUT2D eigenvalue weighted by atomic mass is 35.5. The van der Waals surface area contributed by atoms with Gasteiger partial charge < -0.3 is 19.5 Å². The zero-order chi connectivity index (χ0) is 21.7. The second kappa shape index (κ2) is 9.52. The molecule has 0 radical (unpaired) electrons. The van der Waals surface area contributed by atoms with E-state index in [9.17, 15) is 14.7 Å². The van der Waals surface area contributed by atoms with Crippen LogP contribution in [0.25, 0.3) is 11.1 Å². The molecule has 2 aromatic rings. The van der Waals surface area contributed by atoms with E-state index in [0.29, 0.717) is 43.8 Å². The highest BCUT2D eigenvalue weighted by molar-refractivity contribution is 6.31. The van der Waals surface area contributed by atoms with Crippen molar-refractivity contribution >= 4 is 24.0 Å². The number of carboxylic acid groups (broad SMARTS) is 1. The second-order valence-electron chi connectivity index (χ2n) is 8.35. The van der Waals surface area contributed by atoms with Gasteiger partial charge in [0.25, 0.3) is 0 Å². The zero-order valence-corrected chi connectivity index (χ0v) is 18.2. The van der Waals surface area contributed by atoms with Gasteiger partial charge in [0.2, 0.25) is 0 Å². The summed E-state index contributed by atoms with van der Waals surface area (Å²) in [5, 5.41) is 10.1. The summed E-state index contributed by atoms with van der Waals surface area (Å²) in [6.45, 7) is 4.95. The molecule has 0 bridgehead atoms. The maximum atomic E-state index is 11.5. The highest BCUT2D eigenvalue weighted by Gasteiger charge is 2.30. The van der Waals surface area contributed by atoms with Crippen LogP contribution in [0.2, 0.25) is 5.02 Å². The number of rotatable bonds is 9. The van der Waals surface area contributed by atoms with Crippen molar-refractivity contribution in [1.82, 2.24) is 4.90 Å². The van der Waals surface area contributed by atoms with E-state index < -0.39 is 6.09 Å². The van der Waals surface area contributed by atoms with Crippen molar-refractivity contribution in [3.8, 4) is 16.9 Å². The fourth-order valence-corrected chi connectivity index (χ4v) is 4.04. The number of ether oxygens (including phenoxy) is 1. The number of nitrogens with zero attached hydrogens (tertiary/aromatic N) is 1. The van der Waals surface area contributed by atoms with Crippen LogP contribution >= 0.6 is 11.6 Å². The first kappa shape index (κ1) is 22.2. The molecule has 5 nitrogen and oxygen atoms in total. The number of benzene rings is 2. The summed E-state index contributed by atoms with van der Waals surface area (Å²) >= 11 is 6.40. The molecule has 0 spiro atoms. The number of carbonyl (C=O) groups excluding carboxylic acids is 1. The Balaban J connectivity index is 1.71. The molecule has 6 heteroatoms. The molecule has 1 aliphatic heterocycles. The number of unbranched alkanes of at least 4 members (excludes halogenated alkanes) is 2. The lowest BCUT2D eigenvalue weighted by Gasteiger charge is -2.19. The molecule has 0 aliphatic carbocycles. The summed E-state index contributed by atoms with van der Waals surface area (Å²) in [4.78, 5) is 23.3. The Bertz CT molecular complexity index is 925. The third kappa shape index (κ3) is 5.54. The van der Waals surface area contributed by atoms with E-state index in [1.807, 2.05) is 30.3 Å². The SMILES string of the molecule is CC1(C)Cc2cc(-c3ccc(Cl)c(CCN(CCCCC=O)C(=O)O)c3)ccc2O1. The molecule has 0 atom stereocenters. The van der Waals surface area contributed by atoms with E-state index in [-0.39, 0.29) is 5.60 Å². The van der Waals surface area contributed by atoms with Crippen molar-refractivity contribution in [2.24, 2.45) is 0 Å². The predicted molar refractivity (Wildman–Crippen MR) is 119 cm³/mol. The first-order valence-corrected chi connectivity index (χ1v) is 10.7. The van der Waals surface area contributed by atoms with E-state index in [2.05, 4.69) is 19.9 Å². The van der Waals surface area contributed by atoms with Gasteiger partial charge in [-0.05, 0) is 79.6 Å². The normalized spacial score (nSPS) is 14.1. The van der Waals surface area contributed by atoms with E-state index in [0.717, 1.165) is 35.1 Å². The van der Waals surface area contributed by atoms with E-state index >= 15 is 0 Å². The van der Waals surface area contributed by atoms with Crippen molar-refractivity contribution in [1.29, 1.82) is 0 Å². The van der Waals surface area contributed by atoms with Crippen LogP contribution in [0, 0.1) is 0 Å². The Labute approximate surface area is 182 Å². The van der Waals surface area contributed by atoms with Crippen LogP contribution in [-0.4, -0.2) is 41.1 Å². The standard InChI is InChI=1S/C24H28ClNO4/c1-24(2)16-20-15-18(7-9-22(20)30-24)17-6-8-21(25)19(14-17)10-12-26(23(28)29)11-4-3-5-13-27/h6-9,13-15H,3-5,10-12,16H2,1-2H3,(H,28,29). The van der Waals surface area contributed by atoms with Gasteiger partial charge in [-0.25, -0.2) is 4.79 Å². The van der Waals surface area contributed by atoms with Crippen molar-refractivity contribution in [3.63, 3.8) is 0 Å². The summed E-state index contributed by atoms with van der Waals surface area (Å²) in [5.41, 5.74) is 4.08. The average molecular weight is 430 g/mol. The quantitative estimate of drug-likeness (QED) is 0.415. The number of carbonyl (C=O) groups is 2. The maximum Gasteiger partial charge on any atom is 0.407 e. The fraction of sp³-hybridized carbons (Fsp3) is 0.417. The lowest BCUT2D eigenvalue weighted by Crippen LogP contribution is -2.32. The molecule has 0 unspecified atom stereocenters. The molecule has 30 heavy (non-hydrogen) atoms. The molecule has 0 fully saturated rings. The summed E-state index contributed by atoms with van der Waals surface area (Å²) in [7, 11) is 0. The summed E-state index contributed by atoms with van der Waals surface area (Å²) in [6.07, 6.45) is 3.15. The van der Waals surface area contributed by atoms with Crippen molar-refractivity contribution < 1.29 is 19.4 Å². The van der Waals surface area contributed by atoms with Gasteiger partial charge in [0.05, 0.1) is 0 Å². The maximum absolute atomic E-state index is 11.5. The lowest BCUT2D eigenvalue weighted by atomic mass is 9.96. The van der Waals surface area contributed by atoms with Crippen LogP contribution in [0.5, 0.6) is 5.75 Å². The molecule has 1 heterocycles. The monoisotopic (exact) mass is 429 g/mol. The molecule has 1 N–H and O–H groups in total. The van der Waals surface area contributed by atoms with Crippen LogP contribution in [0.15, 0.2) is 36.4 Å². The minimum atomic E-state index is -0.949. The van der Waals surface area contributed by atoms with Crippen LogP contribution in [0.4, 0.5) is 4.79 Å². The van der Waals surface area contributed by atoms with E-state index in [1.54, 1.807) is 0 Å². The summed E-state index contributed by atoms with van der Waals surface area (Å²) in [6, 6.07) is 12.1. The molecule has 3 rings (SSSR count). The Morgan fingerprint density at radius 1 is 1.17 bits per heavy atom. The number of halogens is 1. The van der Waals surface area contributed by atoms with Gasteiger partial charge >= 0.3 is 6.09 Å². The third-order valence-corrected chi connectivity index (χ3v) is 5.73. The van der Waals surface area contributed by atoms with Gasteiger partial charge in [0.15, 0.2) is 0 Å². The number of fused-ring (bicyclic) bond motifs is 1. The third-order valence-electron chi connectivity index (χ3n) is 5.36. The molecule has 1 amide bonds. The van der Waals surface area contributed by atoms with Gasteiger partial charge in [-0.2, -0.15) is 0 Å².